The summed E-state index contributed by atoms with van der Waals surface area (Å²) < 4.78 is 0. The summed E-state index contributed by atoms with van der Waals surface area (Å²) in [5, 5.41) is 1.27. The lowest BCUT2D eigenvalue weighted by atomic mass is 10.0. The smallest absolute Gasteiger partial charge is 0.0921 e. The third-order valence-corrected chi connectivity index (χ3v) is 14.4. The van der Waals surface area contributed by atoms with E-state index in [1.807, 2.05) is 52.8 Å². The number of fused-ring (bicyclic) bond motifs is 6. The molecule has 0 N–H and O–H groups in total. The zero-order valence-corrected chi connectivity index (χ0v) is 48.9. The van der Waals surface area contributed by atoms with Crippen molar-refractivity contribution in [2.75, 3.05) is 0 Å². The first kappa shape index (κ1) is 57.1. The van der Waals surface area contributed by atoms with Gasteiger partial charge in [-0.2, -0.15) is 0 Å². The van der Waals surface area contributed by atoms with Crippen molar-refractivity contribution in [2.45, 2.75) is 125 Å². The normalized spacial score (nSPS) is 10.7. The number of pyridine rings is 1. The van der Waals surface area contributed by atoms with Gasteiger partial charge in [0, 0.05) is 42.1 Å². The fourth-order valence-corrected chi connectivity index (χ4v) is 8.75. The molecule has 0 aliphatic rings. The van der Waals surface area contributed by atoms with Crippen LogP contribution in [0.15, 0.2) is 116 Å². The molecule has 0 aliphatic heterocycles. The minimum absolute atomic E-state index is 0.968. The van der Waals surface area contributed by atoms with Crippen molar-refractivity contribution in [1.82, 2.24) is 54.8 Å². The Morgan fingerprint density at radius 3 is 1.47 bits per heavy atom. The van der Waals surface area contributed by atoms with Crippen LogP contribution in [0.5, 0.6) is 0 Å². The Bertz CT molecular complexity index is 3920. The van der Waals surface area contributed by atoms with Gasteiger partial charge in [-0.15, -0.1) is 0 Å². The zero-order valence-electron chi connectivity index (χ0n) is 48.9. The minimum Gasteiger partial charge on any atom is -0.253 e. The van der Waals surface area contributed by atoms with Crippen LogP contribution in [0.25, 0.3) is 66.1 Å². The zero-order chi connectivity index (χ0) is 56.5. The van der Waals surface area contributed by atoms with Gasteiger partial charge in [-0.1, -0.05) is 36.4 Å². The number of hydrogen-bond acceptors (Lipinski definition) is 11. The molecule has 12 aromatic rings. The molecule has 0 amide bonds. The molecule has 11 heteroatoms. The van der Waals surface area contributed by atoms with Crippen molar-refractivity contribution in [1.29, 1.82) is 0 Å². The molecule has 0 fully saturated rings. The summed E-state index contributed by atoms with van der Waals surface area (Å²) in [5.74, 6) is 0. The van der Waals surface area contributed by atoms with Gasteiger partial charge >= 0.3 is 0 Å². The second-order valence-electron chi connectivity index (χ2n) is 20.4. The van der Waals surface area contributed by atoms with Crippen LogP contribution in [0.4, 0.5) is 0 Å². The summed E-state index contributed by atoms with van der Waals surface area (Å²) in [4.78, 5) is 48.4. The maximum atomic E-state index is 4.54. The fraction of sp³-hybridized carbons (Fsp3) is 0.269. The minimum atomic E-state index is 0.968. The maximum absolute atomic E-state index is 4.54. The highest BCUT2D eigenvalue weighted by atomic mass is 14.8. The van der Waals surface area contributed by atoms with Crippen molar-refractivity contribution in [3.05, 3.63) is 217 Å². The van der Waals surface area contributed by atoms with Crippen LogP contribution < -0.4 is 0 Å². The van der Waals surface area contributed by atoms with Crippen LogP contribution in [0, 0.1) is 125 Å². The van der Waals surface area contributed by atoms with Gasteiger partial charge in [0.05, 0.1) is 89.2 Å². The topological polar surface area (TPSA) is 142 Å². The molecule has 78 heavy (non-hydrogen) atoms. The lowest BCUT2D eigenvalue weighted by molar-refractivity contribution is 1.10. The van der Waals surface area contributed by atoms with Gasteiger partial charge in [-0.3, -0.25) is 29.9 Å². The van der Waals surface area contributed by atoms with E-state index in [1.54, 1.807) is 31.0 Å². The molecular weight excluding hydrogens is 959 g/mol. The summed E-state index contributed by atoms with van der Waals surface area (Å²) in [5.41, 5.74) is 32.3. The molecule has 396 valence electrons. The Morgan fingerprint density at radius 2 is 0.782 bits per heavy atom. The van der Waals surface area contributed by atoms with Gasteiger partial charge in [-0.25, -0.2) is 24.9 Å². The highest BCUT2D eigenvalue weighted by molar-refractivity contribution is 5.84. The predicted octanol–water partition coefficient (Wildman–Crippen LogP) is 15.9. The number of benzene rings is 6. The van der Waals surface area contributed by atoms with Crippen LogP contribution in [0.1, 0.15) is 101 Å². The van der Waals surface area contributed by atoms with E-state index in [0.717, 1.165) is 94.8 Å². The summed E-state index contributed by atoms with van der Waals surface area (Å²) >= 11 is 0. The number of nitrogens with zero attached hydrogens (tertiary/aromatic N) is 11. The number of hydrogen-bond donors (Lipinski definition) is 0. The number of aromatic nitrogens is 11. The molecule has 0 unspecified atom stereocenters. The van der Waals surface area contributed by atoms with Crippen LogP contribution in [0.3, 0.4) is 0 Å². The molecule has 6 aromatic heterocycles. The number of aryl methyl sites for hydroxylation is 17. The summed E-state index contributed by atoms with van der Waals surface area (Å²) in [6, 6.07) is 29.1. The van der Waals surface area contributed by atoms with Crippen molar-refractivity contribution in [2.24, 2.45) is 0 Å². The van der Waals surface area contributed by atoms with Crippen molar-refractivity contribution in [3.63, 3.8) is 0 Å². The molecule has 0 saturated heterocycles. The lowest BCUT2D eigenvalue weighted by Gasteiger charge is -2.06. The van der Waals surface area contributed by atoms with E-state index < -0.39 is 0 Å². The molecule has 0 saturated carbocycles. The highest BCUT2D eigenvalue weighted by Gasteiger charge is 2.08. The molecular formula is C67H73N11. The maximum Gasteiger partial charge on any atom is 0.0921 e. The molecule has 0 radical (unpaired) electrons. The molecule has 6 aromatic carbocycles. The predicted molar refractivity (Wildman–Crippen MR) is 325 cm³/mol. The van der Waals surface area contributed by atoms with E-state index >= 15 is 0 Å². The Balaban J connectivity index is 0.000000136. The molecule has 0 spiro atoms. The Morgan fingerprint density at radius 1 is 0.256 bits per heavy atom. The monoisotopic (exact) mass is 1030 g/mol. The SMILES string of the molecule is Cc1cc(C)c2nccnc2c1C.Cc1cc2c(C)cccc2nc1C.Cc1cc2nccnc2c(C)c1C.Cc1ccc2nc(C)c(C)nc2c1.Cc1cnc2cc(C)c(C)cc2n1.Cc1nc2cccc(C)c2nc1C. The van der Waals surface area contributed by atoms with Gasteiger partial charge in [0.2, 0.25) is 0 Å². The molecule has 11 nitrogen and oxygen atoms in total. The standard InChI is InChI=1S/C12H13N.5C11H12N2/c1-8-5-4-6-12-11(8)7-9(2)10(3)13-12;1-7-4-10-11(5-8(7)2)13-9(3)6-12-10;1-7-6-10-11(9(3)8(7)2)13-5-4-12-10;1-7-6-8(2)10-11(9(7)3)13-5-4-12-10;1-7-4-5-10-11(6-7)13-9(3)8(2)12-10;1-7-5-4-6-10-11(7)13-9(3)8(2)12-10/h4-7H,1-3H3;5*4-6H,1-3H3. The lowest BCUT2D eigenvalue weighted by Crippen LogP contribution is -1.94. The van der Waals surface area contributed by atoms with Crippen LogP contribution in [-0.4, -0.2) is 54.8 Å². The van der Waals surface area contributed by atoms with Crippen molar-refractivity contribution < 1.29 is 0 Å². The van der Waals surface area contributed by atoms with Gasteiger partial charge < -0.3 is 0 Å². The summed E-state index contributed by atoms with van der Waals surface area (Å²) in [7, 11) is 0. The average Bonchev–Trinajstić information content (AvgIpc) is 3.41. The highest BCUT2D eigenvalue weighted by Crippen LogP contribution is 2.24. The van der Waals surface area contributed by atoms with E-state index in [-0.39, 0.29) is 0 Å². The second kappa shape index (κ2) is 25.1. The number of para-hydroxylation sites is 1. The molecule has 0 aliphatic carbocycles. The van der Waals surface area contributed by atoms with E-state index in [1.165, 1.54) is 72.1 Å². The fourth-order valence-electron chi connectivity index (χ4n) is 8.75. The average molecular weight is 1030 g/mol. The second-order valence-corrected chi connectivity index (χ2v) is 20.4. The molecule has 0 atom stereocenters. The van der Waals surface area contributed by atoms with Gasteiger partial charge in [0.15, 0.2) is 0 Å². The third-order valence-electron chi connectivity index (χ3n) is 14.4. The quantitative estimate of drug-likeness (QED) is 0.143. The van der Waals surface area contributed by atoms with Crippen molar-refractivity contribution in [3.8, 4) is 0 Å². The Labute approximate surface area is 460 Å². The first-order chi connectivity index (χ1) is 37.1. The van der Waals surface area contributed by atoms with E-state index in [9.17, 15) is 0 Å². The summed E-state index contributed by atoms with van der Waals surface area (Å²) in [6.07, 6.45) is 8.76. The Kier molecular flexibility index (Phi) is 18.4. The number of rotatable bonds is 0. The first-order valence-electron chi connectivity index (χ1n) is 26.4. The Hall–Kier alpha value is -8.57. The summed E-state index contributed by atoms with van der Waals surface area (Å²) in [6.45, 7) is 37.1. The van der Waals surface area contributed by atoms with E-state index in [2.05, 4.69) is 212 Å². The largest absolute Gasteiger partial charge is 0.253 e. The third kappa shape index (κ3) is 13.7. The van der Waals surface area contributed by atoms with Crippen LogP contribution in [-0.2, 0) is 0 Å². The van der Waals surface area contributed by atoms with Crippen LogP contribution in [0.2, 0.25) is 0 Å². The molecule has 6 heterocycles. The van der Waals surface area contributed by atoms with Gasteiger partial charge in [0.25, 0.3) is 0 Å². The van der Waals surface area contributed by atoms with E-state index in [4.69, 9.17) is 0 Å². The first-order valence-corrected chi connectivity index (χ1v) is 26.4. The molecule has 12 rings (SSSR count). The van der Waals surface area contributed by atoms with Gasteiger partial charge in [-0.05, 0) is 240 Å². The van der Waals surface area contributed by atoms with Gasteiger partial charge in [0.1, 0.15) is 0 Å². The molecule has 0 bridgehead atoms. The van der Waals surface area contributed by atoms with Crippen molar-refractivity contribution >= 4 is 66.1 Å². The van der Waals surface area contributed by atoms with E-state index in [0.29, 0.717) is 0 Å². The van der Waals surface area contributed by atoms with Crippen LogP contribution >= 0.6 is 0 Å².